The monoisotopic (exact) mass is 341 g/mol. The number of rotatable bonds is 5. The SMILES string of the molecule is Cc1ccc(C(=O)NCC[C@@](O)(c2nccn2C)C(F)(F)F)cc1. The van der Waals surface area contributed by atoms with E-state index in [4.69, 9.17) is 0 Å². The van der Waals surface area contributed by atoms with Crippen LogP contribution in [-0.2, 0) is 12.6 Å². The van der Waals surface area contributed by atoms with E-state index < -0.39 is 29.9 Å². The fourth-order valence-electron chi connectivity index (χ4n) is 2.31. The summed E-state index contributed by atoms with van der Waals surface area (Å²) in [5, 5.41) is 12.5. The van der Waals surface area contributed by atoms with Gasteiger partial charge >= 0.3 is 6.18 Å². The summed E-state index contributed by atoms with van der Waals surface area (Å²) in [7, 11) is 1.37. The minimum atomic E-state index is -4.92. The lowest BCUT2D eigenvalue weighted by Crippen LogP contribution is -2.46. The van der Waals surface area contributed by atoms with Gasteiger partial charge in [0.25, 0.3) is 5.91 Å². The molecule has 8 heteroatoms. The number of amides is 1. The summed E-state index contributed by atoms with van der Waals surface area (Å²) < 4.78 is 41.1. The van der Waals surface area contributed by atoms with Crippen LogP contribution >= 0.6 is 0 Å². The summed E-state index contributed by atoms with van der Waals surface area (Å²) in [5.41, 5.74) is -1.83. The van der Waals surface area contributed by atoms with Gasteiger partial charge in [-0.1, -0.05) is 17.7 Å². The number of nitrogens with one attached hydrogen (secondary N) is 1. The summed E-state index contributed by atoms with van der Waals surface area (Å²) in [4.78, 5) is 15.6. The van der Waals surface area contributed by atoms with Gasteiger partial charge in [-0.25, -0.2) is 4.98 Å². The highest BCUT2D eigenvalue weighted by molar-refractivity contribution is 5.94. The highest BCUT2D eigenvalue weighted by Gasteiger charge is 2.57. The molecular formula is C16H18F3N3O2. The molecule has 5 nitrogen and oxygen atoms in total. The first-order valence-electron chi connectivity index (χ1n) is 7.27. The van der Waals surface area contributed by atoms with Gasteiger partial charge in [0.2, 0.25) is 5.60 Å². The first-order valence-corrected chi connectivity index (χ1v) is 7.27. The van der Waals surface area contributed by atoms with E-state index in [0.29, 0.717) is 5.56 Å². The van der Waals surface area contributed by atoms with Gasteiger partial charge in [-0.05, 0) is 19.1 Å². The lowest BCUT2D eigenvalue weighted by atomic mass is 9.97. The number of hydrogen-bond donors (Lipinski definition) is 2. The Morgan fingerprint density at radius 3 is 2.42 bits per heavy atom. The molecular weight excluding hydrogens is 323 g/mol. The second-order valence-corrected chi connectivity index (χ2v) is 5.59. The van der Waals surface area contributed by atoms with Crippen LogP contribution in [0.15, 0.2) is 36.7 Å². The molecule has 0 aliphatic rings. The van der Waals surface area contributed by atoms with Crippen molar-refractivity contribution in [3.8, 4) is 0 Å². The van der Waals surface area contributed by atoms with Gasteiger partial charge in [0.15, 0.2) is 0 Å². The van der Waals surface area contributed by atoms with E-state index in [9.17, 15) is 23.1 Å². The first kappa shape index (κ1) is 18.0. The molecule has 0 fully saturated rings. The molecule has 24 heavy (non-hydrogen) atoms. The third-order valence-corrected chi connectivity index (χ3v) is 3.75. The summed E-state index contributed by atoms with van der Waals surface area (Å²) in [6.45, 7) is 1.51. The minimum Gasteiger partial charge on any atom is -0.374 e. The molecule has 1 aromatic carbocycles. The Labute approximate surface area is 137 Å². The van der Waals surface area contributed by atoms with Crippen LogP contribution in [-0.4, -0.2) is 33.3 Å². The highest BCUT2D eigenvalue weighted by Crippen LogP contribution is 2.40. The minimum absolute atomic E-state index is 0.341. The van der Waals surface area contributed by atoms with Crippen LogP contribution in [0.3, 0.4) is 0 Å². The van der Waals surface area contributed by atoms with Gasteiger partial charge in [0, 0.05) is 38.0 Å². The van der Waals surface area contributed by atoms with E-state index in [1.807, 2.05) is 6.92 Å². The normalized spacial score (nSPS) is 14.2. The average molecular weight is 341 g/mol. The number of aryl methyl sites for hydroxylation is 2. The van der Waals surface area contributed by atoms with E-state index in [-0.39, 0.29) is 6.54 Å². The number of carbonyl (C=O) groups excluding carboxylic acids is 1. The van der Waals surface area contributed by atoms with Crippen molar-refractivity contribution in [2.24, 2.45) is 7.05 Å². The highest BCUT2D eigenvalue weighted by atomic mass is 19.4. The van der Waals surface area contributed by atoms with Crippen molar-refractivity contribution in [1.29, 1.82) is 0 Å². The summed E-state index contributed by atoms with van der Waals surface area (Å²) in [6.07, 6.45) is -3.16. The number of carbonyl (C=O) groups is 1. The third kappa shape index (κ3) is 3.59. The number of halogens is 3. The van der Waals surface area contributed by atoms with Crippen molar-refractivity contribution in [1.82, 2.24) is 14.9 Å². The molecule has 0 aliphatic carbocycles. The maximum atomic E-state index is 13.3. The quantitative estimate of drug-likeness (QED) is 0.877. The molecule has 0 unspecified atom stereocenters. The van der Waals surface area contributed by atoms with Gasteiger partial charge in [-0.3, -0.25) is 4.79 Å². The van der Waals surface area contributed by atoms with Crippen LogP contribution in [0.1, 0.15) is 28.2 Å². The summed E-state index contributed by atoms with van der Waals surface area (Å²) in [5.74, 6) is -1.01. The van der Waals surface area contributed by atoms with Crippen LogP contribution in [0.25, 0.3) is 0 Å². The number of aromatic nitrogens is 2. The van der Waals surface area contributed by atoms with Gasteiger partial charge < -0.3 is 15.0 Å². The van der Waals surface area contributed by atoms with Crippen molar-refractivity contribution in [3.63, 3.8) is 0 Å². The number of aliphatic hydroxyl groups is 1. The molecule has 0 saturated carbocycles. The fraction of sp³-hybridized carbons (Fsp3) is 0.375. The maximum Gasteiger partial charge on any atom is 0.424 e. The zero-order chi connectivity index (χ0) is 18.0. The van der Waals surface area contributed by atoms with Crippen LogP contribution in [0, 0.1) is 6.92 Å². The number of hydrogen-bond acceptors (Lipinski definition) is 3. The molecule has 1 aromatic heterocycles. The van der Waals surface area contributed by atoms with Crippen molar-refractivity contribution in [3.05, 3.63) is 53.6 Å². The van der Waals surface area contributed by atoms with Crippen molar-refractivity contribution in [2.75, 3.05) is 6.54 Å². The molecule has 0 radical (unpaired) electrons. The molecule has 1 heterocycles. The van der Waals surface area contributed by atoms with E-state index in [1.165, 1.54) is 19.4 Å². The van der Waals surface area contributed by atoms with E-state index in [0.717, 1.165) is 10.1 Å². The van der Waals surface area contributed by atoms with E-state index in [1.54, 1.807) is 24.3 Å². The molecule has 2 N–H and O–H groups in total. The average Bonchev–Trinajstić information content (AvgIpc) is 2.93. The van der Waals surface area contributed by atoms with Gasteiger partial charge in [0.1, 0.15) is 5.82 Å². The Morgan fingerprint density at radius 2 is 1.92 bits per heavy atom. The van der Waals surface area contributed by atoms with Crippen LogP contribution in [0.2, 0.25) is 0 Å². The zero-order valence-electron chi connectivity index (χ0n) is 13.3. The van der Waals surface area contributed by atoms with Crippen LogP contribution in [0.5, 0.6) is 0 Å². The number of benzene rings is 1. The fourth-order valence-corrected chi connectivity index (χ4v) is 2.31. The smallest absolute Gasteiger partial charge is 0.374 e. The molecule has 2 rings (SSSR count). The summed E-state index contributed by atoms with van der Waals surface area (Å²) >= 11 is 0. The predicted octanol–water partition coefficient (Wildman–Crippen LogP) is 2.30. The van der Waals surface area contributed by atoms with Gasteiger partial charge in [-0.2, -0.15) is 13.2 Å². The Balaban J connectivity index is 2.08. The maximum absolute atomic E-state index is 13.3. The predicted molar refractivity (Wildman–Crippen MR) is 81.3 cm³/mol. The number of nitrogens with zero attached hydrogens (tertiary/aromatic N) is 2. The van der Waals surface area contributed by atoms with Crippen molar-refractivity contribution in [2.45, 2.75) is 25.1 Å². The molecule has 130 valence electrons. The largest absolute Gasteiger partial charge is 0.424 e. The van der Waals surface area contributed by atoms with Crippen LogP contribution < -0.4 is 5.32 Å². The second-order valence-electron chi connectivity index (χ2n) is 5.59. The lowest BCUT2D eigenvalue weighted by molar-refractivity contribution is -0.272. The second kappa shape index (κ2) is 6.64. The van der Waals surface area contributed by atoms with Gasteiger partial charge in [-0.15, -0.1) is 0 Å². The molecule has 0 saturated heterocycles. The molecule has 2 aromatic rings. The van der Waals surface area contributed by atoms with Crippen LogP contribution in [0.4, 0.5) is 13.2 Å². The molecule has 0 aliphatic heterocycles. The topological polar surface area (TPSA) is 67.2 Å². The standard InChI is InChI=1S/C16H18F3N3O2/c1-11-3-5-12(6-4-11)13(23)20-8-7-15(24,16(17,18)19)14-21-9-10-22(14)2/h3-6,9-10,24H,7-8H2,1-2H3,(H,20,23)/t15-/m1/s1. The molecule has 1 atom stereocenters. The molecule has 0 bridgehead atoms. The molecule has 1 amide bonds. The van der Waals surface area contributed by atoms with Gasteiger partial charge in [0.05, 0.1) is 0 Å². The third-order valence-electron chi connectivity index (χ3n) is 3.75. The Hall–Kier alpha value is -2.35. The van der Waals surface area contributed by atoms with E-state index in [2.05, 4.69) is 10.3 Å². The zero-order valence-corrected chi connectivity index (χ0v) is 13.3. The number of alkyl halides is 3. The Kier molecular flexibility index (Phi) is 4.98. The Morgan fingerprint density at radius 1 is 1.29 bits per heavy atom. The lowest BCUT2D eigenvalue weighted by Gasteiger charge is -2.29. The van der Waals surface area contributed by atoms with Crippen molar-refractivity contribution < 1.29 is 23.1 Å². The number of imidazole rings is 1. The van der Waals surface area contributed by atoms with E-state index >= 15 is 0 Å². The van der Waals surface area contributed by atoms with Crippen molar-refractivity contribution >= 4 is 5.91 Å². The summed E-state index contributed by atoms with van der Waals surface area (Å²) in [6, 6.07) is 6.63. The Bertz CT molecular complexity index is 710. The molecule has 0 spiro atoms. The first-order chi connectivity index (χ1) is 11.1.